The third-order valence-corrected chi connectivity index (χ3v) is 2.75. The Hall–Kier alpha value is -2.05. The van der Waals surface area contributed by atoms with E-state index in [1.165, 1.54) is 6.07 Å². The van der Waals surface area contributed by atoms with Gasteiger partial charge in [-0.05, 0) is 18.6 Å². The number of nitrogens with one attached hydrogen (secondary N) is 1. The second-order valence-corrected chi connectivity index (χ2v) is 4.14. The monoisotopic (exact) mass is 270 g/mol. The normalized spacial score (nSPS) is 11.8. The Bertz CT molecular complexity index is 557. The highest BCUT2D eigenvalue weighted by Crippen LogP contribution is 2.30. The van der Waals surface area contributed by atoms with Crippen LogP contribution >= 0.6 is 0 Å². The minimum Gasteiger partial charge on any atom is -0.382 e. The number of aromatic amines is 1. The van der Waals surface area contributed by atoms with Crippen LogP contribution in [0.25, 0.3) is 11.4 Å². The second-order valence-electron chi connectivity index (χ2n) is 4.14. The zero-order valence-corrected chi connectivity index (χ0v) is 10.3. The summed E-state index contributed by atoms with van der Waals surface area (Å²) in [6.07, 6.45) is -2.02. The molecule has 0 aliphatic carbocycles. The number of aromatic nitrogens is 3. The van der Waals surface area contributed by atoms with Crippen LogP contribution in [0.5, 0.6) is 0 Å². The molecule has 0 saturated heterocycles. The van der Waals surface area contributed by atoms with Gasteiger partial charge < -0.3 is 5.73 Å². The van der Waals surface area contributed by atoms with Gasteiger partial charge in [-0.2, -0.15) is 18.3 Å². The van der Waals surface area contributed by atoms with Crippen LogP contribution < -0.4 is 5.73 Å². The number of nitrogens with two attached hydrogens (primary N) is 1. The predicted octanol–water partition coefficient (Wildman–Crippen LogP) is 3.03. The Kier molecular flexibility index (Phi) is 3.46. The Morgan fingerprint density at radius 3 is 2.58 bits per heavy atom. The van der Waals surface area contributed by atoms with Gasteiger partial charge in [0.25, 0.3) is 0 Å². The van der Waals surface area contributed by atoms with Crippen molar-refractivity contribution in [3.05, 3.63) is 29.5 Å². The first kappa shape index (κ1) is 13.4. The quantitative estimate of drug-likeness (QED) is 0.900. The highest BCUT2D eigenvalue weighted by Gasteiger charge is 2.30. The van der Waals surface area contributed by atoms with Crippen LogP contribution in [0, 0.1) is 0 Å². The molecule has 102 valence electrons. The van der Waals surface area contributed by atoms with Crippen LogP contribution in [-0.2, 0) is 12.6 Å². The van der Waals surface area contributed by atoms with Crippen molar-refractivity contribution in [1.29, 1.82) is 0 Å². The third-order valence-electron chi connectivity index (χ3n) is 2.75. The molecule has 7 heteroatoms. The van der Waals surface area contributed by atoms with Crippen molar-refractivity contribution in [3.8, 4) is 11.4 Å². The van der Waals surface area contributed by atoms with E-state index >= 15 is 0 Å². The van der Waals surface area contributed by atoms with Crippen molar-refractivity contribution in [2.24, 2.45) is 0 Å². The van der Waals surface area contributed by atoms with Gasteiger partial charge in [0, 0.05) is 11.8 Å². The number of nitrogen functional groups attached to an aromatic ring is 1. The Balaban J connectivity index is 2.38. The molecule has 0 unspecified atom stereocenters. The van der Waals surface area contributed by atoms with Crippen LogP contribution in [0.3, 0.4) is 0 Å². The molecule has 0 aliphatic heterocycles. The number of anilines is 1. The van der Waals surface area contributed by atoms with Crippen molar-refractivity contribution in [2.75, 3.05) is 5.73 Å². The summed E-state index contributed by atoms with van der Waals surface area (Å²) < 4.78 is 37.3. The van der Waals surface area contributed by atoms with E-state index in [0.717, 1.165) is 24.2 Å². The van der Waals surface area contributed by atoms with Crippen LogP contribution in [0.2, 0.25) is 0 Å². The van der Waals surface area contributed by atoms with Gasteiger partial charge in [-0.25, -0.2) is 0 Å². The summed E-state index contributed by atoms with van der Waals surface area (Å²) in [6.45, 7) is 1.98. The summed E-state index contributed by atoms with van der Waals surface area (Å²) >= 11 is 0. The lowest BCUT2D eigenvalue weighted by Gasteiger charge is -2.07. The highest BCUT2D eigenvalue weighted by atomic mass is 19.4. The van der Waals surface area contributed by atoms with Crippen molar-refractivity contribution in [3.63, 3.8) is 0 Å². The molecule has 0 spiro atoms. The largest absolute Gasteiger partial charge is 0.417 e. The Morgan fingerprint density at radius 1 is 1.32 bits per heavy atom. The van der Waals surface area contributed by atoms with Gasteiger partial charge in [0.15, 0.2) is 0 Å². The first-order valence-electron chi connectivity index (χ1n) is 5.79. The van der Waals surface area contributed by atoms with E-state index in [4.69, 9.17) is 5.73 Å². The molecular weight excluding hydrogens is 257 g/mol. The van der Waals surface area contributed by atoms with Gasteiger partial charge in [0.1, 0.15) is 5.82 Å². The number of rotatable bonds is 3. The molecule has 4 nitrogen and oxygen atoms in total. The number of halogens is 3. The molecule has 0 atom stereocenters. The Labute approximate surface area is 107 Å². The lowest BCUT2D eigenvalue weighted by atomic mass is 10.1. The smallest absolute Gasteiger partial charge is 0.382 e. The number of pyridine rings is 1. The summed E-state index contributed by atoms with van der Waals surface area (Å²) in [6, 6.07) is 2.31. The maximum Gasteiger partial charge on any atom is 0.417 e. The van der Waals surface area contributed by atoms with E-state index in [-0.39, 0.29) is 0 Å². The molecule has 2 aromatic heterocycles. The fourth-order valence-electron chi connectivity index (χ4n) is 1.80. The Morgan fingerprint density at radius 2 is 2.05 bits per heavy atom. The minimum atomic E-state index is -4.38. The third kappa shape index (κ3) is 2.69. The fraction of sp³-hybridized carbons (Fsp3) is 0.333. The zero-order chi connectivity index (χ0) is 14.0. The number of alkyl halides is 3. The number of hydrogen-bond acceptors (Lipinski definition) is 3. The zero-order valence-electron chi connectivity index (χ0n) is 10.3. The summed E-state index contributed by atoms with van der Waals surface area (Å²) in [7, 11) is 0. The molecule has 0 amide bonds. The van der Waals surface area contributed by atoms with Gasteiger partial charge in [0.2, 0.25) is 0 Å². The van der Waals surface area contributed by atoms with Crippen molar-refractivity contribution < 1.29 is 13.2 Å². The average Bonchev–Trinajstić information content (AvgIpc) is 2.71. The SMILES string of the molecule is CCCc1c(N)n[nH]c1-c1ccc(C(F)(F)F)cn1. The lowest BCUT2D eigenvalue weighted by molar-refractivity contribution is -0.137. The first-order chi connectivity index (χ1) is 8.93. The minimum absolute atomic E-state index is 0.360. The van der Waals surface area contributed by atoms with Gasteiger partial charge >= 0.3 is 6.18 Å². The van der Waals surface area contributed by atoms with E-state index in [0.29, 0.717) is 23.6 Å². The number of H-pyrrole nitrogens is 1. The maximum atomic E-state index is 12.4. The molecule has 19 heavy (non-hydrogen) atoms. The average molecular weight is 270 g/mol. The standard InChI is InChI=1S/C12H13F3N4/c1-2-3-8-10(18-19-11(8)16)9-5-4-7(6-17-9)12(13,14)15/h4-6H,2-3H2,1H3,(H3,16,18,19). The van der Waals surface area contributed by atoms with E-state index in [1.54, 1.807) is 0 Å². The summed E-state index contributed by atoms with van der Waals surface area (Å²) in [5.41, 5.74) is 6.70. The maximum absolute atomic E-state index is 12.4. The molecule has 2 rings (SSSR count). The number of nitrogens with zero attached hydrogens (tertiary/aromatic N) is 2. The molecule has 2 heterocycles. The van der Waals surface area contributed by atoms with Crippen LogP contribution in [0.4, 0.5) is 19.0 Å². The molecule has 0 saturated carbocycles. The molecule has 0 radical (unpaired) electrons. The van der Waals surface area contributed by atoms with Crippen molar-refractivity contribution in [2.45, 2.75) is 25.9 Å². The fourth-order valence-corrected chi connectivity index (χ4v) is 1.80. The molecular formula is C12H13F3N4. The first-order valence-corrected chi connectivity index (χ1v) is 5.79. The summed E-state index contributed by atoms with van der Waals surface area (Å²) in [5.74, 6) is 0.360. The van der Waals surface area contributed by atoms with Crippen LogP contribution in [-0.4, -0.2) is 15.2 Å². The molecule has 0 aromatic carbocycles. The van der Waals surface area contributed by atoms with E-state index < -0.39 is 11.7 Å². The molecule has 0 bridgehead atoms. The second kappa shape index (κ2) is 4.91. The lowest BCUT2D eigenvalue weighted by Crippen LogP contribution is -2.05. The molecule has 2 aromatic rings. The van der Waals surface area contributed by atoms with Gasteiger partial charge in [-0.15, -0.1) is 0 Å². The topological polar surface area (TPSA) is 67.6 Å². The molecule has 0 fully saturated rings. The van der Waals surface area contributed by atoms with Gasteiger partial charge in [-0.1, -0.05) is 13.3 Å². The van der Waals surface area contributed by atoms with Crippen molar-refractivity contribution in [1.82, 2.24) is 15.2 Å². The highest BCUT2D eigenvalue weighted by molar-refractivity contribution is 5.64. The molecule has 0 aliphatic rings. The summed E-state index contributed by atoms with van der Waals surface area (Å²) in [4.78, 5) is 3.82. The van der Waals surface area contributed by atoms with E-state index in [2.05, 4.69) is 15.2 Å². The van der Waals surface area contributed by atoms with E-state index in [1.807, 2.05) is 6.92 Å². The van der Waals surface area contributed by atoms with Gasteiger partial charge in [0.05, 0.1) is 17.0 Å². The number of hydrogen-bond donors (Lipinski definition) is 2. The van der Waals surface area contributed by atoms with Gasteiger partial charge in [-0.3, -0.25) is 10.1 Å². The van der Waals surface area contributed by atoms with Crippen LogP contribution in [0.1, 0.15) is 24.5 Å². The van der Waals surface area contributed by atoms with Crippen molar-refractivity contribution >= 4 is 5.82 Å². The van der Waals surface area contributed by atoms with E-state index in [9.17, 15) is 13.2 Å². The summed E-state index contributed by atoms with van der Waals surface area (Å²) in [5, 5.41) is 6.59. The molecule has 3 N–H and O–H groups in total. The van der Waals surface area contributed by atoms with Crippen LogP contribution in [0.15, 0.2) is 18.3 Å². The predicted molar refractivity (Wildman–Crippen MR) is 65.2 cm³/mol.